The number of carbonyl (C=O) groups excluding carboxylic acids is 2. The summed E-state index contributed by atoms with van der Waals surface area (Å²) in [6, 6.07) is 1.77. The van der Waals surface area contributed by atoms with Crippen LogP contribution in [0.2, 0.25) is 0 Å². The summed E-state index contributed by atoms with van der Waals surface area (Å²) in [5.74, 6) is -2.48. The van der Waals surface area contributed by atoms with Crippen LogP contribution >= 0.6 is 0 Å². The number of nitro groups is 1. The van der Waals surface area contributed by atoms with Crippen LogP contribution in [0, 0.1) is 15.9 Å². The summed E-state index contributed by atoms with van der Waals surface area (Å²) in [7, 11) is 0. The second kappa shape index (κ2) is 8.02. The van der Waals surface area contributed by atoms with Gasteiger partial charge >= 0.3 is 11.7 Å². The van der Waals surface area contributed by atoms with Crippen molar-refractivity contribution >= 4 is 17.6 Å². The van der Waals surface area contributed by atoms with Crippen molar-refractivity contribution < 1.29 is 28.7 Å². The van der Waals surface area contributed by atoms with E-state index in [1.54, 1.807) is 20.8 Å². The van der Waals surface area contributed by atoms with Gasteiger partial charge in [-0.05, 0) is 39.3 Å². The number of aliphatic hydroxyl groups excluding tert-OH is 1. The van der Waals surface area contributed by atoms with Gasteiger partial charge in [-0.25, -0.2) is 4.79 Å². The van der Waals surface area contributed by atoms with Crippen molar-refractivity contribution in [3.63, 3.8) is 0 Å². The van der Waals surface area contributed by atoms with Gasteiger partial charge in [0.2, 0.25) is 11.7 Å². The number of ether oxygens (including phenoxy) is 1. The molecule has 0 unspecified atom stereocenters. The molecular weight excluding hydrogens is 335 g/mol. The zero-order valence-electron chi connectivity index (χ0n) is 14.4. The second-order valence-electron chi connectivity index (χ2n) is 6.54. The number of esters is 1. The average molecular weight is 356 g/mol. The molecule has 0 spiro atoms. The largest absolute Gasteiger partial charge is 0.458 e. The second-order valence-corrected chi connectivity index (χ2v) is 6.54. The highest BCUT2D eigenvalue weighted by atomic mass is 19.1. The molecular formula is C16H21FN2O6. The predicted octanol–water partition coefficient (Wildman–Crippen LogP) is 1.48. The van der Waals surface area contributed by atoms with E-state index in [0.29, 0.717) is 0 Å². The standard InChI is InChI=1S/C16H21FN2O6/c1-9(20)14(15(22)25-16(2,3)4)18-13(21)8-10-5-6-11(17)12(7-10)19(23)24/h5-7,9,14,20H,8H2,1-4H3,(H,18,21)/t9-,14+/m1/s1. The first-order chi connectivity index (χ1) is 11.4. The fourth-order valence-electron chi connectivity index (χ4n) is 1.96. The Morgan fingerprint density at radius 1 is 1.40 bits per heavy atom. The number of aliphatic hydroxyl groups is 1. The number of rotatable bonds is 6. The van der Waals surface area contributed by atoms with Crippen molar-refractivity contribution in [1.29, 1.82) is 0 Å². The van der Waals surface area contributed by atoms with E-state index >= 15 is 0 Å². The van der Waals surface area contributed by atoms with E-state index < -0.39 is 46.1 Å². The summed E-state index contributed by atoms with van der Waals surface area (Å²) >= 11 is 0. The Morgan fingerprint density at radius 2 is 2.00 bits per heavy atom. The number of nitrogens with one attached hydrogen (secondary N) is 1. The minimum Gasteiger partial charge on any atom is -0.458 e. The average Bonchev–Trinajstić information content (AvgIpc) is 2.44. The first kappa shape index (κ1) is 20.5. The number of benzene rings is 1. The van der Waals surface area contributed by atoms with Crippen LogP contribution in [-0.2, 0) is 20.7 Å². The number of carbonyl (C=O) groups is 2. The Bertz CT molecular complexity index is 669. The number of hydrogen-bond donors (Lipinski definition) is 2. The zero-order chi connectivity index (χ0) is 19.4. The van der Waals surface area contributed by atoms with Crippen LogP contribution in [0.3, 0.4) is 0 Å². The maximum Gasteiger partial charge on any atom is 0.331 e. The Hall–Kier alpha value is -2.55. The van der Waals surface area contributed by atoms with E-state index in [1.807, 2.05) is 0 Å². The highest BCUT2D eigenvalue weighted by Gasteiger charge is 2.30. The minimum absolute atomic E-state index is 0.194. The first-order valence-electron chi connectivity index (χ1n) is 7.54. The third kappa shape index (κ3) is 6.46. The van der Waals surface area contributed by atoms with E-state index in [4.69, 9.17) is 4.74 Å². The van der Waals surface area contributed by atoms with Gasteiger partial charge in [0, 0.05) is 6.07 Å². The molecule has 0 aromatic heterocycles. The van der Waals surface area contributed by atoms with Crippen molar-refractivity contribution in [2.24, 2.45) is 0 Å². The summed E-state index contributed by atoms with van der Waals surface area (Å²) in [4.78, 5) is 33.9. The lowest BCUT2D eigenvalue weighted by Crippen LogP contribution is -2.50. The third-order valence-electron chi connectivity index (χ3n) is 3.03. The topological polar surface area (TPSA) is 119 Å². The van der Waals surface area contributed by atoms with Gasteiger partial charge in [0.25, 0.3) is 0 Å². The SMILES string of the molecule is C[C@@H](O)[C@H](NC(=O)Cc1ccc(F)c([N+](=O)[O-])c1)C(=O)OC(C)(C)C. The summed E-state index contributed by atoms with van der Waals surface area (Å²) in [6.07, 6.45) is -1.53. The summed E-state index contributed by atoms with van der Waals surface area (Å²) in [5.41, 5.74) is -1.35. The lowest BCUT2D eigenvalue weighted by Gasteiger charge is -2.26. The Kier molecular flexibility index (Phi) is 6.57. The Morgan fingerprint density at radius 3 is 2.48 bits per heavy atom. The molecule has 0 saturated carbocycles. The molecule has 2 N–H and O–H groups in total. The van der Waals surface area contributed by atoms with Gasteiger partial charge in [0.15, 0.2) is 6.04 Å². The molecule has 0 saturated heterocycles. The Labute approximate surface area is 144 Å². The molecule has 1 aromatic carbocycles. The summed E-state index contributed by atoms with van der Waals surface area (Å²) < 4.78 is 18.4. The fraction of sp³-hybridized carbons (Fsp3) is 0.500. The smallest absolute Gasteiger partial charge is 0.331 e. The van der Waals surface area contributed by atoms with Crippen LogP contribution in [-0.4, -0.2) is 39.7 Å². The van der Waals surface area contributed by atoms with E-state index in [2.05, 4.69) is 5.32 Å². The quantitative estimate of drug-likeness (QED) is 0.453. The zero-order valence-corrected chi connectivity index (χ0v) is 14.4. The van der Waals surface area contributed by atoms with Crippen LogP contribution in [0.5, 0.6) is 0 Å². The monoisotopic (exact) mass is 356 g/mol. The molecule has 1 rings (SSSR count). The van der Waals surface area contributed by atoms with Gasteiger partial charge in [0.05, 0.1) is 17.4 Å². The van der Waals surface area contributed by atoms with Gasteiger partial charge in [-0.15, -0.1) is 0 Å². The van der Waals surface area contributed by atoms with Gasteiger partial charge < -0.3 is 15.2 Å². The Balaban J connectivity index is 2.84. The molecule has 138 valence electrons. The minimum atomic E-state index is -1.29. The van der Waals surface area contributed by atoms with E-state index in [-0.39, 0.29) is 12.0 Å². The predicted molar refractivity (Wildman–Crippen MR) is 86.2 cm³/mol. The normalized spacial score (nSPS) is 13.7. The molecule has 0 bridgehead atoms. The molecule has 0 fully saturated rings. The number of nitro benzene ring substituents is 1. The molecule has 1 amide bonds. The van der Waals surface area contributed by atoms with Gasteiger partial charge in [-0.2, -0.15) is 4.39 Å². The van der Waals surface area contributed by atoms with E-state index in [9.17, 15) is 29.2 Å². The highest BCUT2D eigenvalue weighted by molar-refractivity contribution is 5.86. The van der Waals surface area contributed by atoms with E-state index in [0.717, 1.165) is 12.1 Å². The fourth-order valence-corrected chi connectivity index (χ4v) is 1.96. The third-order valence-corrected chi connectivity index (χ3v) is 3.03. The van der Waals surface area contributed by atoms with Crippen LogP contribution < -0.4 is 5.32 Å². The number of hydrogen-bond acceptors (Lipinski definition) is 6. The van der Waals surface area contributed by atoms with Crippen molar-refractivity contribution in [2.45, 2.75) is 51.9 Å². The number of amides is 1. The first-order valence-corrected chi connectivity index (χ1v) is 7.54. The van der Waals surface area contributed by atoms with Crippen LogP contribution in [0.4, 0.5) is 10.1 Å². The molecule has 8 nitrogen and oxygen atoms in total. The number of halogens is 1. The van der Waals surface area contributed by atoms with Crippen molar-refractivity contribution in [1.82, 2.24) is 5.32 Å². The van der Waals surface area contributed by atoms with Crippen LogP contribution in [0.1, 0.15) is 33.3 Å². The molecule has 0 heterocycles. The van der Waals surface area contributed by atoms with Crippen LogP contribution in [0.25, 0.3) is 0 Å². The maximum absolute atomic E-state index is 13.3. The molecule has 0 aliphatic carbocycles. The molecule has 0 radical (unpaired) electrons. The highest BCUT2D eigenvalue weighted by Crippen LogP contribution is 2.19. The number of nitrogens with zero attached hydrogens (tertiary/aromatic N) is 1. The summed E-state index contributed by atoms with van der Waals surface area (Å²) in [5, 5.41) is 22.7. The molecule has 2 atom stereocenters. The van der Waals surface area contributed by atoms with Crippen molar-refractivity contribution in [2.75, 3.05) is 0 Å². The lowest BCUT2D eigenvalue weighted by atomic mass is 10.1. The molecule has 1 aromatic rings. The van der Waals surface area contributed by atoms with Gasteiger partial charge in [-0.1, -0.05) is 6.07 Å². The van der Waals surface area contributed by atoms with Crippen molar-refractivity contribution in [3.8, 4) is 0 Å². The van der Waals surface area contributed by atoms with Gasteiger partial charge in [-0.3, -0.25) is 14.9 Å². The molecule has 9 heteroatoms. The van der Waals surface area contributed by atoms with Crippen LogP contribution in [0.15, 0.2) is 18.2 Å². The lowest BCUT2D eigenvalue weighted by molar-refractivity contribution is -0.387. The summed E-state index contributed by atoms with van der Waals surface area (Å²) in [6.45, 7) is 6.24. The van der Waals surface area contributed by atoms with Gasteiger partial charge in [0.1, 0.15) is 5.60 Å². The molecule has 0 aliphatic rings. The van der Waals surface area contributed by atoms with Crippen molar-refractivity contribution in [3.05, 3.63) is 39.7 Å². The molecule has 0 aliphatic heterocycles. The molecule has 25 heavy (non-hydrogen) atoms. The maximum atomic E-state index is 13.3. The van der Waals surface area contributed by atoms with E-state index in [1.165, 1.54) is 13.0 Å².